The summed E-state index contributed by atoms with van der Waals surface area (Å²) in [6, 6.07) is 12.2. The van der Waals surface area contributed by atoms with Gasteiger partial charge in [-0.25, -0.2) is 4.39 Å². The number of benzene rings is 2. The predicted octanol–water partition coefficient (Wildman–Crippen LogP) is 0.619. The van der Waals surface area contributed by atoms with E-state index in [9.17, 15) is 18.8 Å². The van der Waals surface area contributed by atoms with Gasteiger partial charge in [-0.15, -0.1) is 0 Å². The van der Waals surface area contributed by atoms with Crippen LogP contribution in [-0.4, -0.2) is 56.9 Å². The lowest BCUT2D eigenvalue weighted by atomic mass is 10.2. The maximum absolute atomic E-state index is 13.1. The molecule has 2 aromatic rings. The zero-order chi connectivity index (χ0) is 20.7. The second-order valence-corrected chi connectivity index (χ2v) is 6.69. The topological polar surface area (TPSA) is 83.0 Å². The van der Waals surface area contributed by atoms with Gasteiger partial charge in [0.25, 0.3) is 17.7 Å². The van der Waals surface area contributed by atoms with Crippen LogP contribution in [0.1, 0.15) is 10.4 Å². The van der Waals surface area contributed by atoms with Crippen molar-refractivity contribution in [1.29, 1.82) is 0 Å². The van der Waals surface area contributed by atoms with Crippen molar-refractivity contribution < 1.29 is 23.7 Å². The number of quaternary nitrogens is 1. The summed E-state index contributed by atoms with van der Waals surface area (Å²) in [5, 5.41) is 5.33. The molecule has 0 aliphatic rings. The zero-order valence-electron chi connectivity index (χ0n) is 16.1. The van der Waals surface area contributed by atoms with Crippen molar-refractivity contribution in [2.75, 3.05) is 44.9 Å². The fourth-order valence-electron chi connectivity index (χ4n) is 2.54. The van der Waals surface area contributed by atoms with Gasteiger partial charge in [-0.05, 0) is 42.5 Å². The van der Waals surface area contributed by atoms with Crippen LogP contribution < -0.4 is 15.5 Å². The van der Waals surface area contributed by atoms with E-state index in [1.807, 2.05) is 0 Å². The summed E-state index contributed by atoms with van der Waals surface area (Å²) < 4.78 is 13.1. The highest BCUT2D eigenvalue weighted by molar-refractivity contribution is 5.96. The molecular weight excluding hydrogens is 363 g/mol. The number of nitrogens with one attached hydrogen (secondary N) is 3. The van der Waals surface area contributed by atoms with E-state index < -0.39 is 5.82 Å². The normalized spacial score (nSPS) is 11.4. The second kappa shape index (κ2) is 9.61. The first-order valence-corrected chi connectivity index (χ1v) is 8.73. The largest absolute Gasteiger partial charge is 0.345 e. The molecule has 0 aromatic heterocycles. The number of rotatable bonds is 7. The van der Waals surface area contributed by atoms with Gasteiger partial charge in [-0.3, -0.25) is 14.4 Å². The van der Waals surface area contributed by atoms with Gasteiger partial charge >= 0.3 is 0 Å². The van der Waals surface area contributed by atoms with Crippen LogP contribution in [-0.2, 0) is 9.59 Å². The summed E-state index contributed by atoms with van der Waals surface area (Å²) in [7, 11) is 5.05. The number of hydrogen-bond acceptors (Lipinski definition) is 3. The summed E-state index contributed by atoms with van der Waals surface area (Å²) in [4.78, 5) is 38.2. The van der Waals surface area contributed by atoms with Crippen molar-refractivity contribution in [2.45, 2.75) is 0 Å². The van der Waals surface area contributed by atoms with Crippen LogP contribution in [0, 0.1) is 5.82 Å². The van der Waals surface area contributed by atoms with Crippen LogP contribution in [0.5, 0.6) is 0 Å². The van der Waals surface area contributed by atoms with Crippen LogP contribution in [0.25, 0.3) is 0 Å². The van der Waals surface area contributed by atoms with E-state index in [-0.39, 0.29) is 30.8 Å². The Labute approximate surface area is 163 Å². The first-order valence-electron chi connectivity index (χ1n) is 8.73. The van der Waals surface area contributed by atoms with E-state index in [4.69, 9.17) is 0 Å². The molecule has 0 saturated carbocycles. The molecular formula is C20H24FN4O3+. The van der Waals surface area contributed by atoms with Crippen molar-refractivity contribution >= 4 is 29.1 Å². The fourth-order valence-corrected chi connectivity index (χ4v) is 2.54. The number of carbonyl (C=O) groups excluding carboxylic acids is 3. The Hall–Kier alpha value is -3.26. The summed E-state index contributed by atoms with van der Waals surface area (Å²) in [6.45, 7) is 0.134. The van der Waals surface area contributed by atoms with Crippen molar-refractivity contribution in [3.05, 3.63) is 59.9 Å². The number of hydrogen-bond donors (Lipinski definition) is 3. The summed E-state index contributed by atoms with van der Waals surface area (Å²) in [6.07, 6.45) is 0. The first kappa shape index (κ1) is 21.0. The van der Waals surface area contributed by atoms with Gasteiger partial charge in [0.1, 0.15) is 5.82 Å². The van der Waals surface area contributed by atoms with E-state index >= 15 is 0 Å². The van der Waals surface area contributed by atoms with Crippen molar-refractivity contribution in [3.63, 3.8) is 0 Å². The van der Waals surface area contributed by atoms with Crippen molar-refractivity contribution in [3.8, 4) is 0 Å². The van der Waals surface area contributed by atoms with Gasteiger partial charge in [0, 0.05) is 31.0 Å². The molecule has 0 heterocycles. The zero-order valence-corrected chi connectivity index (χ0v) is 16.1. The summed E-state index contributed by atoms with van der Waals surface area (Å²) in [5.74, 6) is -1.13. The number of amides is 3. The highest BCUT2D eigenvalue weighted by Crippen LogP contribution is 2.10. The lowest BCUT2D eigenvalue weighted by Gasteiger charge is -2.14. The average molecular weight is 387 g/mol. The van der Waals surface area contributed by atoms with Gasteiger partial charge in [-0.2, -0.15) is 0 Å². The Balaban J connectivity index is 1.81. The molecule has 0 fully saturated rings. The minimum Gasteiger partial charge on any atom is -0.345 e. The number of anilines is 2. The standard InChI is InChI=1S/C20H23FN4O3/c1-24(2)20(28)14-7-9-16(10-8-14)22-18(26)12-25(3)13-19(27)23-17-6-4-5-15(21)11-17/h4-11H,12-13H2,1-3H3,(H,22,26)(H,23,27)/p+1. The lowest BCUT2D eigenvalue weighted by molar-refractivity contribution is -0.862. The lowest BCUT2D eigenvalue weighted by Crippen LogP contribution is -3.11. The van der Waals surface area contributed by atoms with Crippen LogP contribution >= 0.6 is 0 Å². The number of halogens is 1. The predicted molar refractivity (Wildman–Crippen MR) is 105 cm³/mol. The van der Waals surface area contributed by atoms with Gasteiger partial charge in [0.15, 0.2) is 13.1 Å². The third-order valence-electron chi connectivity index (χ3n) is 3.85. The molecule has 28 heavy (non-hydrogen) atoms. The van der Waals surface area contributed by atoms with Crippen LogP contribution in [0.3, 0.4) is 0 Å². The molecule has 0 spiro atoms. The van der Waals surface area contributed by atoms with Crippen LogP contribution in [0.4, 0.5) is 15.8 Å². The SMILES string of the molecule is CN(C)C(=O)c1ccc(NC(=O)C[NH+](C)CC(=O)Nc2cccc(F)c2)cc1. The van der Waals surface area contributed by atoms with Gasteiger partial charge < -0.3 is 20.4 Å². The van der Waals surface area contributed by atoms with Gasteiger partial charge in [0.2, 0.25) is 0 Å². The molecule has 1 atom stereocenters. The number of carbonyl (C=O) groups is 3. The molecule has 0 aliphatic heterocycles. The van der Waals surface area contributed by atoms with Crippen LogP contribution in [0.15, 0.2) is 48.5 Å². The number of nitrogens with zero attached hydrogens (tertiary/aromatic N) is 1. The Morgan fingerprint density at radius 1 is 0.929 bits per heavy atom. The minimum absolute atomic E-state index is 0.0558. The van der Waals surface area contributed by atoms with Gasteiger partial charge in [-0.1, -0.05) is 6.07 Å². The quantitative estimate of drug-likeness (QED) is 0.651. The maximum Gasteiger partial charge on any atom is 0.279 e. The third-order valence-corrected chi connectivity index (χ3v) is 3.85. The van der Waals surface area contributed by atoms with Crippen molar-refractivity contribution in [2.24, 2.45) is 0 Å². The van der Waals surface area contributed by atoms with Crippen LogP contribution in [0.2, 0.25) is 0 Å². The molecule has 2 aromatic carbocycles. The summed E-state index contributed by atoms with van der Waals surface area (Å²) >= 11 is 0. The molecule has 0 aliphatic carbocycles. The van der Waals surface area contributed by atoms with Gasteiger partial charge in [0.05, 0.1) is 7.05 Å². The molecule has 148 valence electrons. The highest BCUT2D eigenvalue weighted by Gasteiger charge is 2.15. The molecule has 0 bridgehead atoms. The molecule has 8 heteroatoms. The smallest absolute Gasteiger partial charge is 0.279 e. The molecule has 3 amide bonds. The number of likely N-dealkylation sites (N-methyl/N-ethyl adjacent to an activating group) is 1. The van der Waals surface area contributed by atoms with E-state index in [0.29, 0.717) is 21.8 Å². The van der Waals surface area contributed by atoms with E-state index in [1.165, 1.54) is 23.1 Å². The Morgan fingerprint density at radius 2 is 1.50 bits per heavy atom. The van der Waals surface area contributed by atoms with E-state index in [1.54, 1.807) is 51.5 Å². The maximum atomic E-state index is 13.1. The second-order valence-electron chi connectivity index (χ2n) is 6.69. The molecule has 0 saturated heterocycles. The minimum atomic E-state index is -0.434. The van der Waals surface area contributed by atoms with E-state index in [0.717, 1.165) is 0 Å². The van der Waals surface area contributed by atoms with E-state index in [2.05, 4.69) is 10.6 Å². The third kappa shape index (κ3) is 6.48. The molecule has 3 N–H and O–H groups in total. The Bertz CT molecular complexity index is 853. The Morgan fingerprint density at radius 3 is 2.04 bits per heavy atom. The summed E-state index contributed by atoms with van der Waals surface area (Å²) in [5.41, 5.74) is 1.46. The highest BCUT2D eigenvalue weighted by atomic mass is 19.1. The first-order chi connectivity index (χ1) is 13.2. The van der Waals surface area contributed by atoms with Crippen molar-refractivity contribution in [1.82, 2.24) is 4.90 Å². The Kier molecular flexibility index (Phi) is 7.22. The monoisotopic (exact) mass is 387 g/mol. The molecule has 0 radical (unpaired) electrons. The fraction of sp³-hybridized carbons (Fsp3) is 0.250. The average Bonchev–Trinajstić information content (AvgIpc) is 2.61. The molecule has 2 rings (SSSR count). The molecule has 7 nitrogen and oxygen atoms in total. The molecule has 1 unspecified atom stereocenters.